The largest absolute Gasteiger partial charge is 0.0867 e. The molecule has 0 spiro atoms. The topological polar surface area (TPSA) is 0 Å². The Balaban J connectivity index is 2.25. The minimum absolute atomic E-state index is 0.537. The maximum atomic E-state index is 2.35. The lowest BCUT2D eigenvalue weighted by atomic mass is 9.83. The lowest BCUT2D eigenvalue weighted by Gasteiger charge is -2.21. The molecule has 4 rings (SSSR count). The van der Waals surface area contributed by atoms with Crippen LogP contribution in [-0.4, -0.2) is 0 Å². The molecule has 0 heterocycles. The average Bonchev–Trinajstić information content (AvgIpc) is 2.52. The van der Waals surface area contributed by atoms with Crippen LogP contribution >= 0.6 is 0 Å². The van der Waals surface area contributed by atoms with Gasteiger partial charge in [-0.2, -0.15) is 0 Å². The number of rotatable bonds is 0. The van der Waals surface area contributed by atoms with E-state index < -0.39 is 0 Å². The van der Waals surface area contributed by atoms with Gasteiger partial charge < -0.3 is 0 Å². The summed E-state index contributed by atoms with van der Waals surface area (Å²) in [6.07, 6.45) is 10.5. The maximum Gasteiger partial charge on any atom is 0.0201 e. The van der Waals surface area contributed by atoms with Crippen LogP contribution in [0.4, 0.5) is 0 Å². The molecule has 0 heteroatoms. The van der Waals surface area contributed by atoms with E-state index in [0.717, 1.165) is 0 Å². The van der Waals surface area contributed by atoms with Crippen molar-refractivity contribution in [2.75, 3.05) is 0 Å². The van der Waals surface area contributed by atoms with E-state index in [1.165, 1.54) is 17.5 Å². The molecule has 3 aliphatic rings. The van der Waals surface area contributed by atoms with E-state index >= 15 is 0 Å². The van der Waals surface area contributed by atoms with Crippen molar-refractivity contribution in [3.8, 4) is 0 Å². The van der Waals surface area contributed by atoms with Gasteiger partial charge in [-0.3, -0.25) is 0 Å². The molecule has 2 unspecified atom stereocenters. The molecule has 0 amide bonds. The van der Waals surface area contributed by atoms with Gasteiger partial charge in [-0.1, -0.05) is 48.6 Å². The number of hydrogen-bond donors (Lipinski definition) is 0. The minimum atomic E-state index is 0.537. The minimum Gasteiger partial charge on any atom is -0.0867 e. The summed E-state index contributed by atoms with van der Waals surface area (Å²) in [7, 11) is 0. The van der Waals surface area contributed by atoms with Gasteiger partial charge in [0.25, 0.3) is 0 Å². The summed E-state index contributed by atoms with van der Waals surface area (Å²) in [5.74, 6) is 1.17. The Labute approximate surface area is 78.6 Å². The first-order valence-electron chi connectivity index (χ1n) is 4.89. The monoisotopic (exact) mass is 168 g/mol. The van der Waals surface area contributed by atoms with Gasteiger partial charge in [0.1, 0.15) is 0 Å². The summed E-state index contributed by atoms with van der Waals surface area (Å²) in [6, 6.07) is 8.81. The van der Waals surface area contributed by atoms with Gasteiger partial charge in [0.15, 0.2) is 0 Å². The van der Waals surface area contributed by atoms with Crippen LogP contribution in [0.1, 0.15) is 29.4 Å². The fraction of sp³-hybridized carbons (Fsp3) is 0.231. The van der Waals surface area contributed by atoms with Gasteiger partial charge in [-0.25, -0.2) is 0 Å². The summed E-state index contributed by atoms with van der Waals surface area (Å²) in [4.78, 5) is 0. The SMILES string of the molecule is C1=CC2C=CC(C1)c1ccccc12. The molecule has 0 fully saturated rings. The molecule has 0 aromatic heterocycles. The molecule has 0 radical (unpaired) electrons. The number of fused-ring (bicyclic) bond motifs is 1. The molecule has 0 nitrogen and oxygen atoms in total. The Morgan fingerprint density at radius 2 is 1.77 bits per heavy atom. The van der Waals surface area contributed by atoms with E-state index in [9.17, 15) is 0 Å². The van der Waals surface area contributed by atoms with Crippen molar-refractivity contribution >= 4 is 0 Å². The third-order valence-electron chi connectivity index (χ3n) is 3.04. The molecular formula is C13H12. The van der Waals surface area contributed by atoms with Crippen LogP contribution in [0, 0.1) is 0 Å². The Morgan fingerprint density at radius 3 is 2.69 bits per heavy atom. The highest BCUT2D eigenvalue weighted by atomic mass is 14.3. The van der Waals surface area contributed by atoms with Gasteiger partial charge in [0.2, 0.25) is 0 Å². The zero-order valence-corrected chi connectivity index (χ0v) is 7.48. The van der Waals surface area contributed by atoms with Gasteiger partial charge in [-0.15, -0.1) is 0 Å². The predicted octanol–water partition coefficient (Wildman–Crippen LogP) is 3.38. The normalized spacial score (nSPS) is 28.6. The van der Waals surface area contributed by atoms with Crippen LogP contribution in [-0.2, 0) is 0 Å². The molecule has 1 aromatic carbocycles. The van der Waals surface area contributed by atoms with E-state index in [0.29, 0.717) is 11.8 Å². The lowest BCUT2D eigenvalue weighted by molar-refractivity contribution is 0.835. The van der Waals surface area contributed by atoms with Crippen LogP contribution in [0.25, 0.3) is 0 Å². The van der Waals surface area contributed by atoms with Crippen LogP contribution in [0.2, 0.25) is 0 Å². The Morgan fingerprint density at radius 1 is 0.923 bits per heavy atom. The van der Waals surface area contributed by atoms with Gasteiger partial charge in [-0.05, 0) is 17.5 Å². The number of allylic oxidation sites excluding steroid dienone is 4. The van der Waals surface area contributed by atoms with Crippen molar-refractivity contribution in [3.63, 3.8) is 0 Å². The highest BCUT2D eigenvalue weighted by Gasteiger charge is 2.22. The summed E-state index contributed by atoms with van der Waals surface area (Å²) < 4.78 is 0. The second kappa shape index (κ2) is 2.59. The second-order valence-corrected chi connectivity index (χ2v) is 3.81. The highest BCUT2D eigenvalue weighted by Crippen LogP contribution is 2.39. The molecule has 0 N–H and O–H groups in total. The van der Waals surface area contributed by atoms with E-state index in [4.69, 9.17) is 0 Å². The smallest absolute Gasteiger partial charge is 0.0201 e. The zero-order valence-electron chi connectivity index (χ0n) is 7.48. The van der Waals surface area contributed by atoms with Crippen molar-refractivity contribution < 1.29 is 0 Å². The van der Waals surface area contributed by atoms with E-state index in [2.05, 4.69) is 48.6 Å². The van der Waals surface area contributed by atoms with Gasteiger partial charge in [0, 0.05) is 11.8 Å². The average molecular weight is 168 g/mol. The van der Waals surface area contributed by atoms with Crippen LogP contribution in [0.5, 0.6) is 0 Å². The second-order valence-electron chi connectivity index (χ2n) is 3.81. The number of hydrogen-bond acceptors (Lipinski definition) is 0. The molecule has 3 aliphatic carbocycles. The zero-order chi connectivity index (χ0) is 8.67. The standard InChI is InChI=1S/C13H12/c1-2-7-13-11-5-3-4-10(8-9-11)12(13)6-1/h1-4,6-11H,5H2. The first kappa shape index (κ1) is 7.14. The predicted molar refractivity (Wildman–Crippen MR) is 54.8 cm³/mol. The molecule has 0 aliphatic heterocycles. The summed E-state index contributed by atoms with van der Waals surface area (Å²) >= 11 is 0. The third-order valence-corrected chi connectivity index (χ3v) is 3.04. The molecule has 0 saturated carbocycles. The Hall–Kier alpha value is -1.30. The van der Waals surface area contributed by atoms with Crippen molar-refractivity contribution in [1.29, 1.82) is 0 Å². The number of benzene rings is 1. The molecule has 13 heavy (non-hydrogen) atoms. The molecule has 2 atom stereocenters. The van der Waals surface area contributed by atoms with Gasteiger partial charge >= 0.3 is 0 Å². The summed E-state index contributed by atoms with van der Waals surface area (Å²) in [5.41, 5.74) is 3.03. The third kappa shape index (κ3) is 0.983. The Bertz CT molecular complexity index is 385. The van der Waals surface area contributed by atoms with Crippen LogP contribution in [0.3, 0.4) is 0 Å². The van der Waals surface area contributed by atoms with Crippen molar-refractivity contribution in [2.24, 2.45) is 0 Å². The van der Waals surface area contributed by atoms with Gasteiger partial charge in [0.05, 0.1) is 0 Å². The fourth-order valence-electron chi connectivity index (χ4n) is 2.36. The first-order chi connectivity index (χ1) is 6.45. The Kier molecular flexibility index (Phi) is 1.42. The molecule has 64 valence electrons. The quantitative estimate of drug-likeness (QED) is 0.521. The highest BCUT2D eigenvalue weighted by molar-refractivity contribution is 5.46. The van der Waals surface area contributed by atoms with Crippen molar-refractivity contribution in [2.45, 2.75) is 18.3 Å². The fourth-order valence-corrected chi connectivity index (χ4v) is 2.36. The molecule has 0 saturated heterocycles. The van der Waals surface area contributed by atoms with Crippen LogP contribution < -0.4 is 0 Å². The van der Waals surface area contributed by atoms with Crippen molar-refractivity contribution in [1.82, 2.24) is 0 Å². The summed E-state index contributed by atoms with van der Waals surface area (Å²) in [5, 5.41) is 0. The molecular weight excluding hydrogens is 156 g/mol. The van der Waals surface area contributed by atoms with E-state index in [1.807, 2.05) is 0 Å². The van der Waals surface area contributed by atoms with E-state index in [1.54, 1.807) is 0 Å². The van der Waals surface area contributed by atoms with Crippen LogP contribution in [0.15, 0.2) is 48.6 Å². The lowest BCUT2D eigenvalue weighted by Crippen LogP contribution is -2.04. The summed E-state index contributed by atoms with van der Waals surface area (Å²) in [6.45, 7) is 0. The van der Waals surface area contributed by atoms with Crippen molar-refractivity contribution in [3.05, 3.63) is 59.7 Å². The van der Waals surface area contributed by atoms with E-state index in [-0.39, 0.29) is 0 Å². The molecule has 1 aromatic rings. The first-order valence-corrected chi connectivity index (χ1v) is 4.89. The maximum absolute atomic E-state index is 2.35. The molecule has 2 bridgehead atoms.